The summed E-state index contributed by atoms with van der Waals surface area (Å²) in [4.78, 5) is 37.1. The van der Waals surface area contributed by atoms with E-state index in [1.165, 1.54) is 4.90 Å². The fourth-order valence-electron chi connectivity index (χ4n) is 2.27. The number of carboxylic acids is 1. The molecule has 0 aliphatic carbocycles. The molecule has 1 unspecified atom stereocenters. The van der Waals surface area contributed by atoms with E-state index in [1.54, 1.807) is 19.0 Å². The fraction of sp³-hybridized carbons (Fsp3) is 0.769. The van der Waals surface area contributed by atoms with Gasteiger partial charge < -0.3 is 20.2 Å². The van der Waals surface area contributed by atoms with Gasteiger partial charge in [0, 0.05) is 46.6 Å². The van der Waals surface area contributed by atoms with Crippen LogP contribution >= 0.6 is 0 Å². The first kappa shape index (κ1) is 16.3. The molecule has 7 nitrogen and oxygen atoms in total. The minimum Gasteiger partial charge on any atom is -0.481 e. The van der Waals surface area contributed by atoms with Crippen LogP contribution < -0.4 is 5.32 Å². The number of hydrogen-bond acceptors (Lipinski definition) is 3. The standard InChI is InChI=1S/C13H23N3O4/c1-15(2)11(17)5-6-14-13(20)16-7-3-4-10(9-16)8-12(18)19/h10H,3-9H2,1-2H3,(H,14,20)(H,18,19). The second-order valence-corrected chi connectivity index (χ2v) is 5.32. The van der Waals surface area contributed by atoms with Gasteiger partial charge in [0.15, 0.2) is 0 Å². The van der Waals surface area contributed by atoms with Gasteiger partial charge in [0.2, 0.25) is 5.91 Å². The maximum absolute atomic E-state index is 11.9. The number of carbonyl (C=O) groups is 3. The monoisotopic (exact) mass is 285 g/mol. The first-order valence-electron chi connectivity index (χ1n) is 6.85. The smallest absolute Gasteiger partial charge is 0.317 e. The number of hydrogen-bond donors (Lipinski definition) is 2. The fourth-order valence-corrected chi connectivity index (χ4v) is 2.27. The Hall–Kier alpha value is -1.79. The summed E-state index contributed by atoms with van der Waals surface area (Å²) in [6.45, 7) is 1.42. The summed E-state index contributed by atoms with van der Waals surface area (Å²) >= 11 is 0. The summed E-state index contributed by atoms with van der Waals surface area (Å²) in [5, 5.41) is 11.5. The van der Waals surface area contributed by atoms with E-state index in [4.69, 9.17) is 5.11 Å². The second-order valence-electron chi connectivity index (χ2n) is 5.32. The zero-order chi connectivity index (χ0) is 15.1. The summed E-state index contributed by atoms with van der Waals surface area (Å²) in [6.07, 6.45) is 2.03. The van der Waals surface area contributed by atoms with Gasteiger partial charge in [-0.05, 0) is 18.8 Å². The van der Waals surface area contributed by atoms with Crippen LogP contribution in [0.25, 0.3) is 0 Å². The summed E-state index contributed by atoms with van der Waals surface area (Å²) in [5.74, 6) is -0.836. The average molecular weight is 285 g/mol. The van der Waals surface area contributed by atoms with E-state index in [9.17, 15) is 14.4 Å². The summed E-state index contributed by atoms with van der Waals surface area (Å²) < 4.78 is 0. The topological polar surface area (TPSA) is 90.0 Å². The molecule has 0 aromatic carbocycles. The molecule has 0 aromatic rings. The van der Waals surface area contributed by atoms with Gasteiger partial charge in [-0.2, -0.15) is 0 Å². The molecule has 1 heterocycles. The zero-order valence-corrected chi connectivity index (χ0v) is 12.1. The largest absolute Gasteiger partial charge is 0.481 e. The molecule has 1 rings (SSSR count). The van der Waals surface area contributed by atoms with Crippen molar-refractivity contribution in [3.8, 4) is 0 Å². The Bertz CT molecular complexity index is 371. The highest BCUT2D eigenvalue weighted by Crippen LogP contribution is 2.19. The Morgan fingerprint density at radius 2 is 2.05 bits per heavy atom. The van der Waals surface area contributed by atoms with Crippen molar-refractivity contribution >= 4 is 17.9 Å². The number of carbonyl (C=O) groups excluding carboxylic acids is 2. The minimum absolute atomic E-state index is 0.0235. The summed E-state index contributed by atoms with van der Waals surface area (Å²) in [6, 6.07) is -0.216. The number of rotatable bonds is 5. The van der Waals surface area contributed by atoms with Crippen molar-refractivity contribution < 1.29 is 19.5 Å². The molecule has 1 saturated heterocycles. The number of amides is 3. The van der Waals surface area contributed by atoms with E-state index >= 15 is 0 Å². The van der Waals surface area contributed by atoms with Crippen LogP contribution in [0.2, 0.25) is 0 Å². The maximum atomic E-state index is 11.9. The van der Waals surface area contributed by atoms with Crippen LogP contribution in [-0.4, -0.2) is 66.5 Å². The zero-order valence-electron chi connectivity index (χ0n) is 12.1. The van der Waals surface area contributed by atoms with Gasteiger partial charge in [0.1, 0.15) is 0 Å². The molecular formula is C13H23N3O4. The molecular weight excluding hydrogens is 262 g/mol. The average Bonchev–Trinajstić information content (AvgIpc) is 2.37. The molecule has 2 N–H and O–H groups in total. The highest BCUT2D eigenvalue weighted by Gasteiger charge is 2.25. The lowest BCUT2D eigenvalue weighted by Crippen LogP contribution is -2.46. The van der Waals surface area contributed by atoms with Gasteiger partial charge in [-0.25, -0.2) is 4.79 Å². The van der Waals surface area contributed by atoms with Crippen molar-refractivity contribution in [1.82, 2.24) is 15.1 Å². The molecule has 1 aliphatic heterocycles. The highest BCUT2D eigenvalue weighted by atomic mass is 16.4. The predicted octanol–water partition coefficient (Wildman–Crippen LogP) is 0.361. The van der Waals surface area contributed by atoms with Crippen LogP contribution in [0.4, 0.5) is 4.79 Å². The molecule has 3 amide bonds. The van der Waals surface area contributed by atoms with Crippen LogP contribution in [0.5, 0.6) is 0 Å². The van der Waals surface area contributed by atoms with E-state index in [0.29, 0.717) is 19.6 Å². The maximum Gasteiger partial charge on any atom is 0.317 e. The Morgan fingerprint density at radius 1 is 1.35 bits per heavy atom. The van der Waals surface area contributed by atoms with Crippen LogP contribution in [0.1, 0.15) is 25.7 Å². The molecule has 0 aromatic heterocycles. The van der Waals surface area contributed by atoms with Crippen molar-refractivity contribution in [2.45, 2.75) is 25.7 Å². The van der Waals surface area contributed by atoms with Gasteiger partial charge >= 0.3 is 12.0 Å². The van der Waals surface area contributed by atoms with Crippen molar-refractivity contribution in [1.29, 1.82) is 0 Å². The molecule has 0 bridgehead atoms. The van der Waals surface area contributed by atoms with E-state index in [1.807, 2.05) is 0 Å². The number of urea groups is 1. The van der Waals surface area contributed by atoms with E-state index in [2.05, 4.69) is 5.32 Å². The third-order valence-electron chi connectivity index (χ3n) is 3.38. The number of nitrogens with zero attached hydrogens (tertiary/aromatic N) is 2. The van der Waals surface area contributed by atoms with Crippen molar-refractivity contribution in [2.24, 2.45) is 5.92 Å². The molecule has 1 aliphatic rings. The first-order valence-corrected chi connectivity index (χ1v) is 6.85. The van der Waals surface area contributed by atoms with Gasteiger partial charge in [-0.1, -0.05) is 0 Å². The first-order chi connectivity index (χ1) is 9.40. The van der Waals surface area contributed by atoms with Gasteiger partial charge in [0.25, 0.3) is 0 Å². The minimum atomic E-state index is -0.825. The van der Waals surface area contributed by atoms with Gasteiger partial charge in [-0.15, -0.1) is 0 Å². The van der Waals surface area contributed by atoms with Crippen molar-refractivity contribution in [2.75, 3.05) is 33.7 Å². The third kappa shape index (κ3) is 5.46. The molecule has 1 fully saturated rings. The van der Waals surface area contributed by atoms with Crippen molar-refractivity contribution in [3.63, 3.8) is 0 Å². The molecule has 7 heteroatoms. The van der Waals surface area contributed by atoms with E-state index in [0.717, 1.165) is 12.8 Å². The predicted molar refractivity (Wildman–Crippen MR) is 73.3 cm³/mol. The number of nitrogens with one attached hydrogen (secondary N) is 1. The van der Waals surface area contributed by atoms with Crippen molar-refractivity contribution in [3.05, 3.63) is 0 Å². The summed E-state index contributed by atoms with van der Waals surface area (Å²) in [5.41, 5.74) is 0. The van der Waals surface area contributed by atoms with Crippen LogP contribution in [0.15, 0.2) is 0 Å². The lowest BCUT2D eigenvalue weighted by atomic mass is 9.95. The SMILES string of the molecule is CN(C)C(=O)CCNC(=O)N1CCCC(CC(=O)O)C1. The van der Waals surface area contributed by atoms with Crippen LogP contribution in [0, 0.1) is 5.92 Å². The second kappa shape index (κ2) is 7.72. The summed E-state index contributed by atoms with van der Waals surface area (Å²) in [7, 11) is 3.34. The molecule has 0 spiro atoms. The van der Waals surface area contributed by atoms with Gasteiger partial charge in [-0.3, -0.25) is 9.59 Å². The number of piperidine rings is 1. The number of carboxylic acid groups (broad SMARTS) is 1. The lowest BCUT2D eigenvalue weighted by molar-refractivity contribution is -0.138. The Kier molecular flexibility index (Phi) is 6.27. The Labute approximate surface area is 118 Å². The lowest BCUT2D eigenvalue weighted by Gasteiger charge is -2.32. The van der Waals surface area contributed by atoms with E-state index < -0.39 is 5.97 Å². The van der Waals surface area contributed by atoms with Crippen LogP contribution in [-0.2, 0) is 9.59 Å². The van der Waals surface area contributed by atoms with Gasteiger partial charge in [0.05, 0.1) is 0 Å². The third-order valence-corrected chi connectivity index (χ3v) is 3.38. The molecule has 0 radical (unpaired) electrons. The highest BCUT2D eigenvalue weighted by molar-refractivity contribution is 5.78. The molecule has 1 atom stereocenters. The number of aliphatic carboxylic acids is 1. The molecule has 114 valence electrons. The van der Waals surface area contributed by atoms with E-state index in [-0.39, 0.29) is 30.7 Å². The quantitative estimate of drug-likeness (QED) is 0.763. The Balaban J connectivity index is 2.32. The van der Waals surface area contributed by atoms with Crippen LogP contribution in [0.3, 0.4) is 0 Å². The normalized spacial score (nSPS) is 18.5. The molecule has 20 heavy (non-hydrogen) atoms. The Morgan fingerprint density at radius 3 is 2.65 bits per heavy atom. The number of likely N-dealkylation sites (tertiary alicyclic amines) is 1. The molecule has 0 saturated carbocycles.